The summed E-state index contributed by atoms with van der Waals surface area (Å²) in [7, 11) is 0. The molecule has 4 rings (SSSR count). The first kappa shape index (κ1) is 25.7. The highest BCUT2D eigenvalue weighted by molar-refractivity contribution is 6.30. The summed E-state index contributed by atoms with van der Waals surface area (Å²) < 4.78 is 25.6. The fraction of sp³-hybridized carbons (Fsp3) is 0.321. The molecule has 2 aromatic rings. The maximum absolute atomic E-state index is 14.3. The van der Waals surface area contributed by atoms with Crippen molar-refractivity contribution in [3.8, 4) is 0 Å². The van der Waals surface area contributed by atoms with Gasteiger partial charge in [-0.1, -0.05) is 42.5 Å². The standard InChI is InChI=1S/C24H24ClFN2O.C4H7F/c1-3-6-17(2)27-13-11-24(12-14-27)16-28(22-10-9-18(25)15-20(22)24)23(29)19-7-4-5-8-21(19)26;1-3-4(2)5/h3-10,15H,1,11-14,16H2,2H3;3H,1-2H3/b17-6+;4-3+. The molecule has 3 nitrogen and oxygen atoms in total. The maximum Gasteiger partial charge on any atom is 0.261 e. The lowest BCUT2D eigenvalue weighted by Gasteiger charge is -2.41. The number of halogens is 3. The van der Waals surface area contributed by atoms with Gasteiger partial charge in [0.25, 0.3) is 5.91 Å². The highest BCUT2D eigenvalue weighted by atomic mass is 35.5. The summed E-state index contributed by atoms with van der Waals surface area (Å²) in [6.45, 7) is 11.3. The monoisotopic (exact) mass is 484 g/mol. The van der Waals surface area contributed by atoms with Gasteiger partial charge in [0.05, 0.1) is 11.4 Å². The maximum atomic E-state index is 14.3. The molecule has 2 heterocycles. The molecule has 180 valence electrons. The topological polar surface area (TPSA) is 23.6 Å². The van der Waals surface area contributed by atoms with E-state index in [0.29, 0.717) is 11.6 Å². The Morgan fingerprint density at radius 2 is 1.79 bits per heavy atom. The predicted molar refractivity (Wildman–Crippen MR) is 137 cm³/mol. The van der Waals surface area contributed by atoms with Crippen LogP contribution in [0.5, 0.6) is 0 Å². The van der Waals surface area contributed by atoms with Crippen LogP contribution in [0.4, 0.5) is 14.5 Å². The summed E-state index contributed by atoms with van der Waals surface area (Å²) in [4.78, 5) is 17.3. The molecule has 2 aromatic carbocycles. The molecule has 0 saturated carbocycles. The van der Waals surface area contributed by atoms with Crippen LogP contribution in [0, 0.1) is 5.82 Å². The number of carbonyl (C=O) groups excluding carboxylic acids is 1. The molecule has 2 aliphatic heterocycles. The largest absolute Gasteiger partial charge is 0.375 e. The van der Waals surface area contributed by atoms with Crippen LogP contribution in [0.25, 0.3) is 0 Å². The number of hydrogen-bond acceptors (Lipinski definition) is 2. The van der Waals surface area contributed by atoms with Crippen LogP contribution >= 0.6 is 11.6 Å². The van der Waals surface area contributed by atoms with Crippen molar-refractivity contribution in [2.24, 2.45) is 0 Å². The van der Waals surface area contributed by atoms with Crippen molar-refractivity contribution in [1.82, 2.24) is 4.90 Å². The molecule has 0 unspecified atom stereocenters. The van der Waals surface area contributed by atoms with Crippen LogP contribution in [0.1, 0.15) is 49.5 Å². The van der Waals surface area contributed by atoms with Crippen molar-refractivity contribution in [3.63, 3.8) is 0 Å². The van der Waals surface area contributed by atoms with Gasteiger partial charge in [0.1, 0.15) is 5.82 Å². The highest BCUT2D eigenvalue weighted by Gasteiger charge is 2.46. The minimum absolute atomic E-state index is 0.104. The van der Waals surface area contributed by atoms with E-state index in [9.17, 15) is 13.6 Å². The Morgan fingerprint density at radius 3 is 2.38 bits per heavy atom. The van der Waals surface area contributed by atoms with E-state index >= 15 is 0 Å². The second-order valence-corrected chi connectivity index (χ2v) is 9.16. The van der Waals surface area contributed by atoms with Gasteiger partial charge in [-0.05, 0) is 75.6 Å². The molecular formula is C28H31ClF2N2O. The molecule has 0 radical (unpaired) electrons. The summed E-state index contributed by atoms with van der Waals surface area (Å²) in [5.41, 5.74) is 3.08. The van der Waals surface area contributed by atoms with Crippen LogP contribution < -0.4 is 4.90 Å². The first-order chi connectivity index (χ1) is 16.2. The van der Waals surface area contributed by atoms with E-state index in [0.717, 1.165) is 37.2 Å². The average molecular weight is 485 g/mol. The number of fused-ring (bicyclic) bond motifs is 2. The lowest BCUT2D eigenvalue weighted by atomic mass is 9.74. The van der Waals surface area contributed by atoms with Gasteiger partial charge < -0.3 is 9.80 Å². The first-order valence-electron chi connectivity index (χ1n) is 11.4. The molecule has 0 atom stereocenters. The lowest BCUT2D eigenvalue weighted by Crippen LogP contribution is -2.45. The molecule has 0 aromatic heterocycles. The molecule has 0 N–H and O–H groups in total. The smallest absolute Gasteiger partial charge is 0.261 e. The quantitative estimate of drug-likeness (QED) is 0.422. The summed E-state index contributed by atoms with van der Waals surface area (Å²) in [6.07, 6.45) is 7.05. The van der Waals surface area contributed by atoms with Gasteiger partial charge in [0, 0.05) is 41.5 Å². The molecule has 0 aliphatic carbocycles. The number of hydrogen-bond donors (Lipinski definition) is 0. The van der Waals surface area contributed by atoms with E-state index in [1.54, 1.807) is 42.2 Å². The second kappa shape index (κ2) is 11.0. The minimum atomic E-state index is -0.492. The van der Waals surface area contributed by atoms with E-state index in [-0.39, 0.29) is 22.7 Å². The predicted octanol–water partition coefficient (Wildman–Crippen LogP) is 7.44. The Bertz CT molecular complexity index is 1110. The molecule has 6 heteroatoms. The molecule has 1 spiro atoms. The molecule has 0 bridgehead atoms. The summed E-state index contributed by atoms with van der Waals surface area (Å²) in [5, 5.41) is 0.661. The molecule has 34 heavy (non-hydrogen) atoms. The number of likely N-dealkylation sites (tertiary alicyclic amines) is 1. The number of carbonyl (C=O) groups is 1. The molecule has 2 aliphatic rings. The van der Waals surface area contributed by atoms with Crippen molar-refractivity contribution < 1.29 is 13.6 Å². The van der Waals surface area contributed by atoms with Crippen LogP contribution in [-0.4, -0.2) is 30.4 Å². The third-order valence-corrected chi connectivity index (χ3v) is 6.84. The summed E-state index contributed by atoms with van der Waals surface area (Å²) >= 11 is 6.32. The van der Waals surface area contributed by atoms with Crippen molar-refractivity contribution in [3.05, 3.63) is 101 Å². The molecule has 1 saturated heterocycles. The second-order valence-electron chi connectivity index (χ2n) is 8.72. The lowest BCUT2D eigenvalue weighted by molar-refractivity contribution is 0.0975. The Morgan fingerprint density at radius 1 is 1.15 bits per heavy atom. The molecular weight excluding hydrogens is 454 g/mol. The van der Waals surface area contributed by atoms with E-state index < -0.39 is 5.82 Å². The van der Waals surface area contributed by atoms with Gasteiger partial charge in [0.15, 0.2) is 0 Å². The van der Waals surface area contributed by atoms with Crippen molar-refractivity contribution in [1.29, 1.82) is 0 Å². The number of anilines is 1. The third-order valence-electron chi connectivity index (χ3n) is 6.61. The van der Waals surface area contributed by atoms with E-state index in [4.69, 9.17) is 11.6 Å². The average Bonchev–Trinajstić information content (AvgIpc) is 3.13. The third kappa shape index (κ3) is 5.41. The van der Waals surface area contributed by atoms with Crippen molar-refractivity contribution in [2.75, 3.05) is 24.5 Å². The van der Waals surface area contributed by atoms with Crippen LogP contribution in [0.2, 0.25) is 5.02 Å². The Balaban J connectivity index is 0.000000588. The number of benzene rings is 2. The minimum Gasteiger partial charge on any atom is -0.375 e. The summed E-state index contributed by atoms with van der Waals surface area (Å²) in [6, 6.07) is 11.8. The van der Waals surface area contributed by atoms with Gasteiger partial charge in [-0.3, -0.25) is 4.79 Å². The van der Waals surface area contributed by atoms with E-state index in [1.807, 2.05) is 18.2 Å². The van der Waals surface area contributed by atoms with Crippen molar-refractivity contribution >= 4 is 23.2 Å². The number of allylic oxidation sites excluding steroid dienone is 5. The zero-order chi connectivity index (χ0) is 24.9. The summed E-state index contributed by atoms with van der Waals surface area (Å²) in [5.74, 6) is -0.910. The normalized spacial score (nSPS) is 17.2. The van der Waals surface area contributed by atoms with Gasteiger partial charge in [0.2, 0.25) is 0 Å². The van der Waals surface area contributed by atoms with Crippen molar-refractivity contribution in [2.45, 2.75) is 39.0 Å². The first-order valence-corrected chi connectivity index (χ1v) is 11.8. The van der Waals surface area contributed by atoms with E-state index in [2.05, 4.69) is 18.4 Å². The van der Waals surface area contributed by atoms with Gasteiger partial charge in [-0.15, -0.1) is 0 Å². The molecule has 1 fully saturated rings. The zero-order valence-corrected chi connectivity index (χ0v) is 20.7. The zero-order valence-electron chi connectivity index (χ0n) is 20.0. The van der Waals surface area contributed by atoms with E-state index in [1.165, 1.54) is 24.8 Å². The van der Waals surface area contributed by atoms with Gasteiger partial charge >= 0.3 is 0 Å². The Hall–Kier alpha value is -2.92. The SMILES string of the molecule is C/C=C(\C)F.C=C/C=C(\C)N1CCC2(CC1)CN(C(=O)c1ccccc1F)c1ccc(Cl)cc12. The molecule has 1 amide bonds. The van der Waals surface area contributed by atoms with Gasteiger partial charge in [-0.25, -0.2) is 8.78 Å². The number of rotatable bonds is 3. The highest BCUT2D eigenvalue weighted by Crippen LogP contribution is 2.48. The Kier molecular flexibility index (Phi) is 8.32. The Labute approximate surface area is 206 Å². The number of piperidine rings is 1. The van der Waals surface area contributed by atoms with Crippen LogP contribution in [-0.2, 0) is 5.41 Å². The number of amides is 1. The fourth-order valence-corrected chi connectivity index (χ4v) is 4.77. The van der Waals surface area contributed by atoms with Gasteiger partial charge in [-0.2, -0.15) is 0 Å². The fourth-order valence-electron chi connectivity index (χ4n) is 4.59. The van der Waals surface area contributed by atoms with Crippen LogP contribution in [0.3, 0.4) is 0 Å². The number of nitrogens with zero attached hydrogens (tertiary/aromatic N) is 2. The van der Waals surface area contributed by atoms with Crippen LogP contribution in [0.15, 0.2) is 78.8 Å².